The number of anilines is 1. The number of benzene rings is 2. The molecular weight excluding hydrogens is 248 g/mol. The topological polar surface area (TPSA) is 36.3 Å². The first-order valence-corrected chi connectivity index (χ1v) is 7.06. The number of hydrogen-bond acceptors (Lipinski definition) is 3. The van der Waals surface area contributed by atoms with Crippen molar-refractivity contribution in [3.8, 4) is 6.07 Å². The van der Waals surface area contributed by atoms with E-state index in [0.29, 0.717) is 0 Å². The van der Waals surface area contributed by atoms with Crippen molar-refractivity contribution >= 4 is 16.5 Å². The molecule has 0 bridgehead atoms. The SMILES string of the molecule is CCOCCN(CC)c1ccc(C#N)c2ccccc12. The predicted octanol–water partition coefficient (Wildman–Crippen LogP) is 3.57. The van der Waals surface area contributed by atoms with E-state index in [4.69, 9.17) is 4.74 Å². The molecule has 0 heterocycles. The lowest BCUT2D eigenvalue weighted by atomic mass is 10.0. The Bertz CT molecular complexity index is 616. The molecule has 0 radical (unpaired) electrons. The van der Waals surface area contributed by atoms with Crippen LogP contribution in [0.15, 0.2) is 36.4 Å². The van der Waals surface area contributed by atoms with Gasteiger partial charge in [-0.2, -0.15) is 5.26 Å². The molecule has 0 amide bonds. The third-order valence-electron chi connectivity index (χ3n) is 3.45. The lowest BCUT2D eigenvalue weighted by Gasteiger charge is -2.24. The molecule has 0 saturated carbocycles. The number of hydrogen-bond donors (Lipinski definition) is 0. The van der Waals surface area contributed by atoms with E-state index in [0.717, 1.165) is 42.6 Å². The predicted molar refractivity (Wildman–Crippen MR) is 83.0 cm³/mol. The molecule has 0 aliphatic heterocycles. The van der Waals surface area contributed by atoms with E-state index >= 15 is 0 Å². The van der Waals surface area contributed by atoms with Crippen LogP contribution in [0.4, 0.5) is 5.69 Å². The number of nitriles is 1. The van der Waals surface area contributed by atoms with Crippen LogP contribution in [0.2, 0.25) is 0 Å². The van der Waals surface area contributed by atoms with Crippen molar-refractivity contribution in [2.24, 2.45) is 0 Å². The third-order valence-corrected chi connectivity index (χ3v) is 3.45. The van der Waals surface area contributed by atoms with E-state index in [1.165, 1.54) is 5.69 Å². The zero-order valence-electron chi connectivity index (χ0n) is 12.1. The second kappa shape index (κ2) is 6.93. The number of rotatable bonds is 6. The number of likely N-dealkylation sites (N-methyl/N-ethyl adjacent to an activating group) is 1. The molecule has 2 aromatic rings. The summed E-state index contributed by atoms with van der Waals surface area (Å²) < 4.78 is 5.45. The zero-order valence-corrected chi connectivity index (χ0v) is 12.1. The fourth-order valence-electron chi connectivity index (χ4n) is 2.42. The minimum Gasteiger partial charge on any atom is -0.380 e. The number of ether oxygens (including phenoxy) is 1. The van der Waals surface area contributed by atoms with Crippen molar-refractivity contribution in [3.63, 3.8) is 0 Å². The van der Waals surface area contributed by atoms with Gasteiger partial charge in [-0.1, -0.05) is 24.3 Å². The van der Waals surface area contributed by atoms with Crippen molar-refractivity contribution in [1.29, 1.82) is 5.26 Å². The maximum Gasteiger partial charge on any atom is 0.0998 e. The minimum absolute atomic E-state index is 0.721. The van der Waals surface area contributed by atoms with Crippen LogP contribution >= 0.6 is 0 Å². The van der Waals surface area contributed by atoms with Gasteiger partial charge in [-0.05, 0) is 26.0 Å². The number of fused-ring (bicyclic) bond motifs is 1. The first-order chi connectivity index (χ1) is 9.81. The summed E-state index contributed by atoms with van der Waals surface area (Å²) in [6.07, 6.45) is 0. The summed E-state index contributed by atoms with van der Waals surface area (Å²) in [5.41, 5.74) is 1.90. The normalized spacial score (nSPS) is 10.4. The lowest BCUT2D eigenvalue weighted by Crippen LogP contribution is -2.27. The Morgan fingerprint density at radius 1 is 1.10 bits per heavy atom. The Kier molecular flexibility index (Phi) is 4.97. The summed E-state index contributed by atoms with van der Waals surface area (Å²) in [6, 6.07) is 14.3. The largest absolute Gasteiger partial charge is 0.380 e. The highest BCUT2D eigenvalue weighted by molar-refractivity contribution is 5.97. The smallest absolute Gasteiger partial charge is 0.0998 e. The third kappa shape index (κ3) is 2.92. The molecular formula is C17H20N2O. The van der Waals surface area contributed by atoms with E-state index in [2.05, 4.69) is 24.0 Å². The summed E-state index contributed by atoms with van der Waals surface area (Å²) >= 11 is 0. The fourth-order valence-corrected chi connectivity index (χ4v) is 2.42. The van der Waals surface area contributed by atoms with Gasteiger partial charge in [-0.3, -0.25) is 0 Å². The first-order valence-electron chi connectivity index (χ1n) is 7.06. The maximum absolute atomic E-state index is 9.21. The van der Waals surface area contributed by atoms with E-state index in [9.17, 15) is 5.26 Å². The van der Waals surface area contributed by atoms with Crippen LogP contribution in [-0.2, 0) is 4.74 Å². The van der Waals surface area contributed by atoms with Gasteiger partial charge in [0.2, 0.25) is 0 Å². The molecule has 20 heavy (non-hydrogen) atoms. The highest BCUT2D eigenvalue weighted by atomic mass is 16.5. The molecule has 0 fully saturated rings. The maximum atomic E-state index is 9.21. The quantitative estimate of drug-likeness (QED) is 0.751. The molecule has 0 aliphatic rings. The second-order valence-corrected chi connectivity index (χ2v) is 4.57. The van der Waals surface area contributed by atoms with Crippen LogP contribution < -0.4 is 4.90 Å². The average Bonchev–Trinajstić information content (AvgIpc) is 2.51. The Morgan fingerprint density at radius 3 is 2.50 bits per heavy atom. The highest BCUT2D eigenvalue weighted by Gasteiger charge is 2.10. The molecule has 0 aromatic heterocycles. The molecule has 3 heteroatoms. The lowest BCUT2D eigenvalue weighted by molar-refractivity contribution is 0.154. The van der Waals surface area contributed by atoms with Crippen LogP contribution in [0.3, 0.4) is 0 Å². The van der Waals surface area contributed by atoms with E-state index in [1.54, 1.807) is 0 Å². The Balaban J connectivity index is 2.41. The molecule has 104 valence electrons. The number of nitrogens with zero attached hydrogens (tertiary/aromatic N) is 2. The molecule has 0 saturated heterocycles. The zero-order chi connectivity index (χ0) is 14.4. The molecule has 2 rings (SSSR count). The van der Waals surface area contributed by atoms with Gasteiger partial charge >= 0.3 is 0 Å². The summed E-state index contributed by atoms with van der Waals surface area (Å²) in [5.74, 6) is 0. The van der Waals surface area contributed by atoms with Crippen LogP contribution in [0.1, 0.15) is 19.4 Å². The molecule has 0 atom stereocenters. The molecule has 0 N–H and O–H groups in total. The Hall–Kier alpha value is -2.05. The molecule has 2 aromatic carbocycles. The van der Waals surface area contributed by atoms with Gasteiger partial charge in [0.25, 0.3) is 0 Å². The summed E-state index contributed by atoms with van der Waals surface area (Å²) in [5, 5.41) is 11.4. The van der Waals surface area contributed by atoms with Crippen LogP contribution in [0.5, 0.6) is 0 Å². The molecule has 0 aliphatic carbocycles. The second-order valence-electron chi connectivity index (χ2n) is 4.57. The van der Waals surface area contributed by atoms with Crippen LogP contribution in [0, 0.1) is 11.3 Å². The van der Waals surface area contributed by atoms with Gasteiger partial charge in [-0.25, -0.2) is 0 Å². The highest BCUT2D eigenvalue weighted by Crippen LogP contribution is 2.29. The average molecular weight is 268 g/mol. The van der Waals surface area contributed by atoms with Gasteiger partial charge in [0, 0.05) is 36.2 Å². The van der Waals surface area contributed by atoms with Gasteiger partial charge < -0.3 is 9.64 Å². The first kappa shape index (κ1) is 14.4. The van der Waals surface area contributed by atoms with Gasteiger partial charge in [0.1, 0.15) is 0 Å². The molecule has 0 spiro atoms. The van der Waals surface area contributed by atoms with Crippen LogP contribution in [-0.4, -0.2) is 26.3 Å². The van der Waals surface area contributed by atoms with Gasteiger partial charge in [0.15, 0.2) is 0 Å². The summed E-state index contributed by atoms with van der Waals surface area (Å²) in [7, 11) is 0. The van der Waals surface area contributed by atoms with Crippen molar-refractivity contribution < 1.29 is 4.74 Å². The molecule has 3 nitrogen and oxygen atoms in total. The minimum atomic E-state index is 0.721. The van der Waals surface area contributed by atoms with Crippen LogP contribution in [0.25, 0.3) is 10.8 Å². The summed E-state index contributed by atoms with van der Waals surface area (Å²) in [6.45, 7) is 7.39. The van der Waals surface area contributed by atoms with Crippen molar-refractivity contribution in [3.05, 3.63) is 42.0 Å². The molecule has 0 unspecified atom stereocenters. The van der Waals surface area contributed by atoms with E-state index in [1.807, 2.05) is 37.3 Å². The van der Waals surface area contributed by atoms with Crippen molar-refractivity contribution in [2.45, 2.75) is 13.8 Å². The van der Waals surface area contributed by atoms with Crippen molar-refractivity contribution in [2.75, 3.05) is 31.2 Å². The van der Waals surface area contributed by atoms with Gasteiger partial charge in [0.05, 0.1) is 18.2 Å². The summed E-state index contributed by atoms with van der Waals surface area (Å²) in [4.78, 5) is 2.29. The van der Waals surface area contributed by atoms with E-state index in [-0.39, 0.29) is 0 Å². The van der Waals surface area contributed by atoms with Gasteiger partial charge in [-0.15, -0.1) is 0 Å². The Labute approximate surface area is 120 Å². The fraction of sp³-hybridized carbons (Fsp3) is 0.353. The standard InChI is InChI=1S/C17H20N2O/c1-3-19(11-12-20-4-2)17-10-9-14(13-18)15-7-5-6-8-16(15)17/h5-10H,3-4,11-12H2,1-2H3. The van der Waals surface area contributed by atoms with E-state index < -0.39 is 0 Å². The van der Waals surface area contributed by atoms with Crippen molar-refractivity contribution in [1.82, 2.24) is 0 Å². The Morgan fingerprint density at radius 2 is 1.85 bits per heavy atom. The monoisotopic (exact) mass is 268 g/mol.